The lowest BCUT2D eigenvalue weighted by atomic mass is 10.0. The molecule has 1 saturated heterocycles. The minimum atomic E-state index is 0.641. The highest BCUT2D eigenvalue weighted by Gasteiger charge is 2.20. The van der Waals surface area contributed by atoms with Gasteiger partial charge in [-0.05, 0) is 30.9 Å². The van der Waals surface area contributed by atoms with Gasteiger partial charge in [-0.2, -0.15) is 0 Å². The van der Waals surface area contributed by atoms with Gasteiger partial charge < -0.3 is 5.32 Å². The average molecular weight is 247 g/mol. The molecule has 1 aliphatic heterocycles. The van der Waals surface area contributed by atoms with E-state index >= 15 is 0 Å². The fourth-order valence-corrected chi connectivity index (χ4v) is 2.66. The Hall–Kier alpha value is -0.930. The Balaban J connectivity index is 1.91. The minimum absolute atomic E-state index is 0.641. The first-order chi connectivity index (χ1) is 8.65. The highest BCUT2D eigenvalue weighted by Crippen LogP contribution is 2.13. The Morgan fingerprint density at radius 1 is 1.50 bits per heavy atom. The SMILES string of the molecule is Cc1cccnc1CN1CCNC(CC(C)C)C1. The van der Waals surface area contributed by atoms with E-state index < -0.39 is 0 Å². The van der Waals surface area contributed by atoms with E-state index in [0.717, 1.165) is 32.1 Å². The molecule has 18 heavy (non-hydrogen) atoms. The number of nitrogens with zero attached hydrogens (tertiary/aromatic N) is 2. The van der Waals surface area contributed by atoms with Crippen molar-refractivity contribution in [2.75, 3.05) is 19.6 Å². The van der Waals surface area contributed by atoms with Crippen molar-refractivity contribution in [1.29, 1.82) is 0 Å². The molecule has 1 N–H and O–H groups in total. The van der Waals surface area contributed by atoms with Crippen LogP contribution in [0.3, 0.4) is 0 Å². The largest absolute Gasteiger partial charge is 0.311 e. The van der Waals surface area contributed by atoms with Crippen molar-refractivity contribution in [2.45, 2.75) is 39.8 Å². The molecule has 2 rings (SSSR count). The van der Waals surface area contributed by atoms with Gasteiger partial charge in [0.25, 0.3) is 0 Å². The summed E-state index contributed by atoms with van der Waals surface area (Å²) in [5.41, 5.74) is 2.53. The standard InChI is InChI=1S/C15H25N3/c1-12(2)9-14-10-18(8-7-16-14)11-15-13(3)5-4-6-17-15/h4-6,12,14,16H,7-11H2,1-3H3. The number of nitrogens with one attached hydrogen (secondary N) is 1. The van der Waals surface area contributed by atoms with Crippen molar-refractivity contribution in [3.63, 3.8) is 0 Å². The molecule has 3 heteroatoms. The molecule has 1 fully saturated rings. The minimum Gasteiger partial charge on any atom is -0.311 e. The van der Waals surface area contributed by atoms with E-state index in [1.54, 1.807) is 0 Å². The number of piperazine rings is 1. The summed E-state index contributed by atoms with van der Waals surface area (Å²) in [5, 5.41) is 3.62. The maximum Gasteiger partial charge on any atom is 0.0573 e. The molecule has 1 atom stereocenters. The molecule has 1 aromatic rings. The van der Waals surface area contributed by atoms with E-state index in [0.29, 0.717) is 6.04 Å². The summed E-state index contributed by atoms with van der Waals surface area (Å²) >= 11 is 0. The van der Waals surface area contributed by atoms with Crippen LogP contribution in [0.5, 0.6) is 0 Å². The van der Waals surface area contributed by atoms with E-state index in [2.05, 4.69) is 42.0 Å². The number of aryl methyl sites for hydroxylation is 1. The first kappa shape index (κ1) is 13.5. The molecule has 0 saturated carbocycles. The Bertz CT molecular complexity index is 376. The second kappa shape index (κ2) is 6.30. The molecule has 0 amide bonds. The lowest BCUT2D eigenvalue weighted by Gasteiger charge is -2.34. The zero-order valence-electron chi connectivity index (χ0n) is 11.8. The van der Waals surface area contributed by atoms with Crippen LogP contribution in [0.15, 0.2) is 18.3 Å². The van der Waals surface area contributed by atoms with E-state index in [1.165, 1.54) is 17.7 Å². The van der Waals surface area contributed by atoms with Crippen molar-refractivity contribution < 1.29 is 0 Å². The van der Waals surface area contributed by atoms with E-state index in [9.17, 15) is 0 Å². The van der Waals surface area contributed by atoms with Crippen LogP contribution in [0.2, 0.25) is 0 Å². The Labute approximate surface area is 111 Å². The number of rotatable bonds is 4. The fraction of sp³-hybridized carbons (Fsp3) is 0.667. The first-order valence-corrected chi connectivity index (χ1v) is 7.01. The molecule has 100 valence electrons. The highest BCUT2D eigenvalue weighted by atomic mass is 15.2. The van der Waals surface area contributed by atoms with Crippen molar-refractivity contribution in [3.05, 3.63) is 29.6 Å². The van der Waals surface area contributed by atoms with Crippen LogP contribution < -0.4 is 5.32 Å². The van der Waals surface area contributed by atoms with Crippen molar-refractivity contribution in [3.8, 4) is 0 Å². The third kappa shape index (κ3) is 3.79. The highest BCUT2D eigenvalue weighted by molar-refractivity contribution is 5.17. The van der Waals surface area contributed by atoms with Gasteiger partial charge in [-0.25, -0.2) is 0 Å². The number of aromatic nitrogens is 1. The van der Waals surface area contributed by atoms with Crippen molar-refractivity contribution >= 4 is 0 Å². The van der Waals surface area contributed by atoms with Crippen molar-refractivity contribution in [1.82, 2.24) is 15.2 Å². The predicted octanol–water partition coefficient (Wildman–Crippen LogP) is 2.21. The van der Waals surface area contributed by atoms with Gasteiger partial charge in [-0.3, -0.25) is 9.88 Å². The molecule has 0 radical (unpaired) electrons. The van der Waals surface area contributed by atoms with Gasteiger partial charge in [0.2, 0.25) is 0 Å². The van der Waals surface area contributed by atoms with Gasteiger partial charge in [0.05, 0.1) is 5.69 Å². The Morgan fingerprint density at radius 2 is 2.33 bits per heavy atom. The zero-order chi connectivity index (χ0) is 13.0. The fourth-order valence-electron chi connectivity index (χ4n) is 2.66. The Kier molecular flexibility index (Phi) is 4.72. The van der Waals surface area contributed by atoms with Crippen LogP contribution in [0, 0.1) is 12.8 Å². The van der Waals surface area contributed by atoms with Gasteiger partial charge >= 0.3 is 0 Å². The Morgan fingerprint density at radius 3 is 3.06 bits per heavy atom. The quantitative estimate of drug-likeness (QED) is 0.884. The smallest absolute Gasteiger partial charge is 0.0573 e. The average Bonchev–Trinajstić information content (AvgIpc) is 2.32. The molecule has 1 aliphatic rings. The van der Waals surface area contributed by atoms with E-state index in [-0.39, 0.29) is 0 Å². The van der Waals surface area contributed by atoms with Gasteiger partial charge in [-0.15, -0.1) is 0 Å². The normalized spacial score (nSPS) is 21.4. The molecule has 2 heterocycles. The van der Waals surface area contributed by atoms with Crippen LogP contribution in [0.1, 0.15) is 31.5 Å². The van der Waals surface area contributed by atoms with Crippen LogP contribution >= 0.6 is 0 Å². The molecular formula is C15H25N3. The van der Waals surface area contributed by atoms with Crippen molar-refractivity contribution in [2.24, 2.45) is 5.92 Å². The maximum absolute atomic E-state index is 4.50. The van der Waals surface area contributed by atoms with Crippen LogP contribution in [0.25, 0.3) is 0 Å². The maximum atomic E-state index is 4.50. The molecule has 0 spiro atoms. The second-order valence-corrected chi connectivity index (χ2v) is 5.78. The molecule has 1 aromatic heterocycles. The van der Waals surface area contributed by atoms with E-state index in [1.807, 2.05) is 12.3 Å². The predicted molar refractivity (Wildman–Crippen MR) is 75.5 cm³/mol. The summed E-state index contributed by atoms with van der Waals surface area (Å²) in [6.45, 7) is 11.1. The molecule has 3 nitrogen and oxygen atoms in total. The van der Waals surface area contributed by atoms with Crippen LogP contribution in [-0.4, -0.2) is 35.6 Å². The third-order valence-corrected chi connectivity index (χ3v) is 3.59. The van der Waals surface area contributed by atoms with Gasteiger partial charge in [-0.1, -0.05) is 19.9 Å². The van der Waals surface area contributed by atoms with Crippen LogP contribution in [0.4, 0.5) is 0 Å². The lowest BCUT2D eigenvalue weighted by Crippen LogP contribution is -2.50. The zero-order valence-corrected chi connectivity index (χ0v) is 11.8. The number of pyridine rings is 1. The number of hydrogen-bond donors (Lipinski definition) is 1. The number of hydrogen-bond acceptors (Lipinski definition) is 3. The van der Waals surface area contributed by atoms with E-state index in [4.69, 9.17) is 0 Å². The summed E-state index contributed by atoms with van der Waals surface area (Å²) in [7, 11) is 0. The summed E-state index contributed by atoms with van der Waals surface area (Å²) in [5.74, 6) is 0.763. The first-order valence-electron chi connectivity index (χ1n) is 7.01. The third-order valence-electron chi connectivity index (χ3n) is 3.59. The molecule has 1 unspecified atom stereocenters. The summed E-state index contributed by atoms with van der Waals surface area (Å²) in [6.07, 6.45) is 3.16. The van der Waals surface area contributed by atoms with Gasteiger partial charge in [0, 0.05) is 38.4 Å². The van der Waals surface area contributed by atoms with Crippen LogP contribution in [-0.2, 0) is 6.54 Å². The monoisotopic (exact) mass is 247 g/mol. The van der Waals surface area contributed by atoms with Gasteiger partial charge in [0.15, 0.2) is 0 Å². The topological polar surface area (TPSA) is 28.2 Å². The summed E-state index contributed by atoms with van der Waals surface area (Å²) in [4.78, 5) is 7.02. The summed E-state index contributed by atoms with van der Waals surface area (Å²) in [6, 6.07) is 4.80. The molecule has 0 bridgehead atoms. The molecule has 0 aromatic carbocycles. The second-order valence-electron chi connectivity index (χ2n) is 5.78. The lowest BCUT2D eigenvalue weighted by molar-refractivity contribution is 0.178. The van der Waals surface area contributed by atoms with Gasteiger partial charge in [0.1, 0.15) is 0 Å². The molecular weight excluding hydrogens is 222 g/mol. The summed E-state index contributed by atoms with van der Waals surface area (Å²) < 4.78 is 0. The molecule has 0 aliphatic carbocycles.